The van der Waals surface area contributed by atoms with Crippen LogP contribution in [0.25, 0.3) is 5.70 Å². The first kappa shape index (κ1) is 19.0. The molecule has 3 aromatic carbocycles. The Labute approximate surface area is 190 Å². The number of ether oxygens (including phenoxy) is 2. The Morgan fingerprint density at radius 2 is 1.78 bits per heavy atom. The fraction of sp³-hybridized carbons (Fsp3) is 0.120. The fourth-order valence-corrected chi connectivity index (χ4v) is 4.65. The van der Waals surface area contributed by atoms with Crippen molar-refractivity contribution in [1.29, 1.82) is 0 Å². The van der Waals surface area contributed by atoms with Gasteiger partial charge in [0.25, 0.3) is 0 Å². The summed E-state index contributed by atoms with van der Waals surface area (Å²) in [6.07, 6.45) is 1.18. The standard InChI is InChI=1S/C25H19ClN4O2/c1-31-19-8-4-3-7-18(19)24-21-22(17-6-2-5-9-20(17)32-24)29-25-27-14-28-30(25)23(21)15-10-12-16(26)13-11-15/h2-14,23-24H,1H3,(H,27,28,29)/t23-,24+/m0/s1. The smallest absolute Gasteiger partial charge is 0.226 e. The monoisotopic (exact) mass is 442 g/mol. The second kappa shape index (κ2) is 7.43. The molecule has 7 heteroatoms. The summed E-state index contributed by atoms with van der Waals surface area (Å²) in [7, 11) is 1.68. The fourth-order valence-electron chi connectivity index (χ4n) is 4.52. The summed E-state index contributed by atoms with van der Waals surface area (Å²) in [5.41, 5.74) is 4.98. The minimum absolute atomic E-state index is 0.232. The normalized spacial score (nSPS) is 18.7. The number of hydrogen-bond donors (Lipinski definition) is 1. The highest BCUT2D eigenvalue weighted by molar-refractivity contribution is 6.30. The number of anilines is 1. The highest BCUT2D eigenvalue weighted by atomic mass is 35.5. The van der Waals surface area contributed by atoms with E-state index in [0.29, 0.717) is 11.0 Å². The Balaban J connectivity index is 1.64. The molecular formula is C25H19ClN4O2. The molecule has 0 unspecified atom stereocenters. The number of fused-ring (bicyclic) bond motifs is 3. The van der Waals surface area contributed by atoms with Crippen molar-refractivity contribution < 1.29 is 9.47 Å². The zero-order chi connectivity index (χ0) is 21.7. The summed E-state index contributed by atoms with van der Waals surface area (Å²) >= 11 is 6.20. The lowest BCUT2D eigenvalue weighted by atomic mass is 9.84. The third-order valence-electron chi connectivity index (χ3n) is 5.93. The summed E-state index contributed by atoms with van der Waals surface area (Å²) < 4.78 is 14.2. The molecule has 6 nitrogen and oxygen atoms in total. The van der Waals surface area contributed by atoms with Gasteiger partial charge in [0.2, 0.25) is 5.95 Å². The lowest BCUT2D eigenvalue weighted by Crippen LogP contribution is -2.32. The molecule has 0 aliphatic carbocycles. The third-order valence-corrected chi connectivity index (χ3v) is 6.18. The van der Waals surface area contributed by atoms with Crippen molar-refractivity contribution in [2.45, 2.75) is 12.1 Å². The van der Waals surface area contributed by atoms with E-state index in [1.165, 1.54) is 0 Å². The lowest BCUT2D eigenvalue weighted by molar-refractivity contribution is 0.217. The second-order valence-corrected chi connectivity index (χ2v) is 8.11. The molecule has 0 spiro atoms. The number of halogens is 1. The van der Waals surface area contributed by atoms with Gasteiger partial charge in [-0.15, -0.1) is 0 Å². The largest absolute Gasteiger partial charge is 0.496 e. The molecule has 1 N–H and O–H groups in total. The first-order chi connectivity index (χ1) is 15.7. The molecule has 6 rings (SSSR count). The van der Waals surface area contributed by atoms with Crippen molar-refractivity contribution >= 4 is 23.2 Å². The summed E-state index contributed by atoms with van der Waals surface area (Å²) in [4.78, 5) is 4.46. The summed E-state index contributed by atoms with van der Waals surface area (Å²) in [5.74, 6) is 2.25. The van der Waals surface area contributed by atoms with Gasteiger partial charge in [0.05, 0.1) is 12.8 Å². The predicted octanol–water partition coefficient (Wildman–Crippen LogP) is 5.50. The number of para-hydroxylation sites is 2. The van der Waals surface area contributed by atoms with Crippen LogP contribution in [0.2, 0.25) is 5.02 Å². The Kier molecular flexibility index (Phi) is 4.40. The van der Waals surface area contributed by atoms with Crippen molar-refractivity contribution in [2.24, 2.45) is 0 Å². The van der Waals surface area contributed by atoms with Gasteiger partial charge in [-0.2, -0.15) is 10.1 Å². The number of rotatable bonds is 3. The van der Waals surface area contributed by atoms with Crippen molar-refractivity contribution in [3.63, 3.8) is 0 Å². The lowest BCUT2D eigenvalue weighted by Gasteiger charge is -2.39. The summed E-state index contributed by atoms with van der Waals surface area (Å²) in [5, 5.41) is 8.73. The highest BCUT2D eigenvalue weighted by Crippen LogP contribution is 2.51. The van der Waals surface area contributed by atoms with Crippen molar-refractivity contribution in [1.82, 2.24) is 14.8 Å². The van der Waals surface area contributed by atoms with E-state index >= 15 is 0 Å². The number of aromatic nitrogens is 3. The van der Waals surface area contributed by atoms with Gasteiger partial charge in [0.15, 0.2) is 6.10 Å². The molecule has 0 fully saturated rings. The molecular weight excluding hydrogens is 424 g/mol. The van der Waals surface area contributed by atoms with Gasteiger partial charge in [-0.05, 0) is 35.9 Å². The van der Waals surface area contributed by atoms with E-state index in [1.54, 1.807) is 13.4 Å². The van der Waals surface area contributed by atoms with Crippen LogP contribution in [0.5, 0.6) is 11.5 Å². The quantitative estimate of drug-likeness (QED) is 0.454. The van der Waals surface area contributed by atoms with Gasteiger partial charge in [-0.3, -0.25) is 0 Å². The second-order valence-electron chi connectivity index (χ2n) is 7.67. The van der Waals surface area contributed by atoms with E-state index in [1.807, 2.05) is 71.4 Å². The number of benzene rings is 3. The summed E-state index contributed by atoms with van der Waals surface area (Å²) in [6, 6.07) is 23.6. The van der Waals surface area contributed by atoms with Gasteiger partial charge in [-0.25, -0.2) is 4.68 Å². The molecule has 158 valence electrons. The van der Waals surface area contributed by atoms with Crippen molar-refractivity contribution in [2.75, 3.05) is 12.4 Å². The molecule has 0 saturated heterocycles. The molecule has 2 aliphatic rings. The average molecular weight is 443 g/mol. The van der Waals surface area contributed by atoms with Crippen LogP contribution in [-0.2, 0) is 0 Å². The SMILES string of the molecule is COc1ccccc1[C@H]1Oc2ccccc2C2=C1[C@H](c1ccc(Cl)cc1)n1ncnc1N2. The Bertz CT molecular complexity index is 1350. The predicted molar refractivity (Wildman–Crippen MR) is 123 cm³/mol. The van der Waals surface area contributed by atoms with E-state index < -0.39 is 0 Å². The minimum Gasteiger partial charge on any atom is -0.496 e. The van der Waals surface area contributed by atoms with Crippen LogP contribution in [0.4, 0.5) is 5.95 Å². The van der Waals surface area contributed by atoms with Crippen LogP contribution in [0.15, 0.2) is 84.7 Å². The molecule has 2 aliphatic heterocycles. The van der Waals surface area contributed by atoms with E-state index in [4.69, 9.17) is 21.1 Å². The zero-order valence-corrected chi connectivity index (χ0v) is 18.0. The van der Waals surface area contributed by atoms with Gasteiger partial charge in [0, 0.05) is 21.7 Å². The van der Waals surface area contributed by atoms with Crippen LogP contribution in [-0.4, -0.2) is 21.9 Å². The van der Waals surface area contributed by atoms with Gasteiger partial charge in [-0.1, -0.05) is 54.1 Å². The first-order valence-corrected chi connectivity index (χ1v) is 10.7. The molecule has 0 bridgehead atoms. The molecule has 3 heterocycles. The Morgan fingerprint density at radius 1 is 1.00 bits per heavy atom. The van der Waals surface area contributed by atoms with Crippen molar-refractivity contribution in [3.05, 3.63) is 106 Å². The molecule has 32 heavy (non-hydrogen) atoms. The first-order valence-electron chi connectivity index (χ1n) is 10.3. The van der Waals surface area contributed by atoms with Crippen molar-refractivity contribution in [3.8, 4) is 11.5 Å². The molecule has 2 atom stereocenters. The van der Waals surface area contributed by atoms with Gasteiger partial charge >= 0.3 is 0 Å². The number of nitrogens with zero attached hydrogens (tertiary/aromatic N) is 3. The zero-order valence-electron chi connectivity index (χ0n) is 17.2. The molecule has 0 saturated carbocycles. The van der Waals surface area contributed by atoms with Crippen LogP contribution in [0, 0.1) is 0 Å². The highest BCUT2D eigenvalue weighted by Gasteiger charge is 2.41. The summed E-state index contributed by atoms with van der Waals surface area (Å²) in [6.45, 7) is 0. The molecule has 1 aromatic heterocycles. The van der Waals surface area contributed by atoms with E-state index in [9.17, 15) is 0 Å². The maximum absolute atomic E-state index is 6.63. The third kappa shape index (κ3) is 2.87. The van der Waals surface area contributed by atoms with E-state index in [0.717, 1.165) is 39.5 Å². The maximum atomic E-state index is 6.63. The Hall–Kier alpha value is -3.77. The van der Waals surface area contributed by atoms with E-state index in [2.05, 4.69) is 21.5 Å². The molecule has 4 aromatic rings. The average Bonchev–Trinajstić information content (AvgIpc) is 3.31. The topological polar surface area (TPSA) is 61.2 Å². The molecule has 0 amide bonds. The van der Waals surface area contributed by atoms with E-state index in [-0.39, 0.29) is 12.1 Å². The number of nitrogens with one attached hydrogen (secondary N) is 1. The van der Waals surface area contributed by atoms with Gasteiger partial charge < -0.3 is 14.8 Å². The van der Waals surface area contributed by atoms with Gasteiger partial charge in [0.1, 0.15) is 23.9 Å². The minimum atomic E-state index is -0.387. The van der Waals surface area contributed by atoms with Crippen LogP contribution < -0.4 is 14.8 Å². The van der Waals surface area contributed by atoms with Crippen LogP contribution >= 0.6 is 11.6 Å². The Morgan fingerprint density at radius 3 is 2.62 bits per heavy atom. The number of hydrogen-bond acceptors (Lipinski definition) is 5. The maximum Gasteiger partial charge on any atom is 0.226 e. The van der Waals surface area contributed by atoms with Crippen LogP contribution in [0.1, 0.15) is 28.8 Å². The van der Waals surface area contributed by atoms with Crippen LogP contribution in [0.3, 0.4) is 0 Å². The number of methoxy groups -OCH3 is 1. The molecule has 0 radical (unpaired) electrons.